The van der Waals surface area contributed by atoms with Gasteiger partial charge in [0.05, 0.1) is 24.6 Å². The number of halogens is 1. The van der Waals surface area contributed by atoms with Crippen LogP contribution >= 0.6 is 11.6 Å². The molecular formula is C19H20ClN3O4. The number of nitro groups is 1. The highest BCUT2D eigenvalue weighted by Crippen LogP contribution is 2.23. The molecule has 7 nitrogen and oxygen atoms in total. The maximum Gasteiger partial charge on any atom is 0.269 e. The van der Waals surface area contributed by atoms with E-state index in [1.807, 2.05) is 29.2 Å². The summed E-state index contributed by atoms with van der Waals surface area (Å²) >= 11 is 6.11. The summed E-state index contributed by atoms with van der Waals surface area (Å²) in [5.41, 5.74) is 2.44. The molecule has 27 heavy (non-hydrogen) atoms. The fraction of sp³-hybridized carbons (Fsp3) is 0.316. The van der Waals surface area contributed by atoms with E-state index in [-0.39, 0.29) is 11.6 Å². The third-order valence-electron chi connectivity index (χ3n) is 4.40. The van der Waals surface area contributed by atoms with E-state index in [1.54, 1.807) is 0 Å². The summed E-state index contributed by atoms with van der Waals surface area (Å²) in [7, 11) is 0. The van der Waals surface area contributed by atoms with Gasteiger partial charge in [-0.2, -0.15) is 0 Å². The first-order chi connectivity index (χ1) is 13.0. The second-order valence-electron chi connectivity index (χ2n) is 6.25. The van der Waals surface area contributed by atoms with Crippen molar-refractivity contribution in [3.05, 3.63) is 68.7 Å². The van der Waals surface area contributed by atoms with Gasteiger partial charge in [0.25, 0.3) is 5.69 Å². The molecule has 0 spiro atoms. The standard InChI is InChI=1S/C19H20ClN3O4/c20-18-6-5-17(23(25)26)12-15(18)13-21-16-3-1-14(2-4-16)11-19(24)22-7-9-27-10-8-22/h1-6,12,21H,7-11,13H2. The van der Waals surface area contributed by atoms with Crippen molar-refractivity contribution < 1.29 is 14.5 Å². The van der Waals surface area contributed by atoms with E-state index < -0.39 is 4.92 Å². The molecule has 142 valence electrons. The van der Waals surface area contributed by atoms with Gasteiger partial charge in [0.2, 0.25) is 5.91 Å². The van der Waals surface area contributed by atoms with Crippen molar-refractivity contribution in [1.82, 2.24) is 4.90 Å². The average molecular weight is 390 g/mol. The van der Waals surface area contributed by atoms with Crippen LogP contribution in [-0.4, -0.2) is 42.0 Å². The number of hydrogen-bond donors (Lipinski definition) is 1. The van der Waals surface area contributed by atoms with E-state index in [9.17, 15) is 14.9 Å². The van der Waals surface area contributed by atoms with Gasteiger partial charge >= 0.3 is 0 Å². The Labute approximate surface area is 162 Å². The summed E-state index contributed by atoms with van der Waals surface area (Å²) in [6.07, 6.45) is 0.358. The number of amides is 1. The average Bonchev–Trinajstić information content (AvgIpc) is 2.69. The molecule has 0 unspecified atom stereocenters. The van der Waals surface area contributed by atoms with Gasteiger partial charge in [-0.25, -0.2) is 0 Å². The monoisotopic (exact) mass is 389 g/mol. The number of non-ortho nitro benzene ring substituents is 1. The highest BCUT2D eigenvalue weighted by atomic mass is 35.5. The Morgan fingerprint density at radius 1 is 1.19 bits per heavy atom. The topological polar surface area (TPSA) is 84.7 Å². The van der Waals surface area contributed by atoms with Crippen LogP contribution < -0.4 is 5.32 Å². The molecule has 1 saturated heterocycles. The molecule has 1 aliphatic heterocycles. The number of benzene rings is 2. The smallest absolute Gasteiger partial charge is 0.269 e. The molecule has 8 heteroatoms. The molecule has 0 aliphatic carbocycles. The first-order valence-electron chi connectivity index (χ1n) is 8.64. The quantitative estimate of drug-likeness (QED) is 0.605. The van der Waals surface area contributed by atoms with Crippen LogP contribution in [0.4, 0.5) is 11.4 Å². The molecule has 1 amide bonds. The Hall–Kier alpha value is -2.64. The molecule has 0 radical (unpaired) electrons. The normalized spacial score (nSPS) is 14.0. The molecule has 3 rings (SSSR count). The van der Waals surface area contributed by atoms with Crippen molar-refractivity contribution >= 4 is 28.9 Å². The number of hydrogen-bond acceptors (Lipinski definition) is 5. The van der Waals surface area contributed by atoms with Crippen LogP contribution in [0, 0.1) is 10.1 Å². The SMILES string of the molecule is O=C(Cc1ccc(NCc2cc([N+](=O)[O-])ccc2Cl)cc1)N1CCOCC1. The van der Waals surface area contributed by atoms with Gasteiger partial charge < -0.3 is 15.0 Å². The van der Waals surface area contributed by atoms with Crippen LogP contribution in [0.2, 0.25) is 5.02 Å². The summed E-state index contributed by atoms with van der Waals surface area (Å²) in [6.45, 7) is 2.83. The Morgan fingerprint density at radius 2 is 1.89 bits per heavy atom. The van der Waals surface area contributed by atoms with E-state index >= 15 is 0 Å². The van der Waals surface area contributed by atoms with Gasteiger partial charge in [-0.05, 0) is 29.3 Å². The second-order valence-corrected chi connectivity index (χ2v) is 6.66. The van der Waals surface area contributed by atoms with Crippen molar-refractivity contribution in [3.63, 3.8) is 0 Å². The fourth-order valence-electron chi connectivity index (χ4n) is 2.85. The zero-order valence-corrected chi connectivity index (χ0v) is 15.4. The minimum absolute atomic E-state index is 0.00757. The highest BCUT2D eigenvalue weighted by molar-refractivity contribution is 6.31. The molecule has 0 atom stereocenters. The molecule has 1 aliphatic rings. The largest absolute Gasteiger partial charge is 0.381 e. The molecule has 2 aromatic carbocycles. The Morgan fingerprint density at radius 3 is 2.56 bits per heavy atom. The maximum atomic E-state index is 12.3. The number of nitrogens with one attached hydrogen (secondary N) is 1. The zero-order valence-electron chi connectivity index (χ0n) is 14.7. The molecule has 1 heterocycles. The summed E-state index contributed by atoms with van der Waals surface area (Å²) in [5.74, 6) is 0.0994. The van der Waals surface area contributed by atoms with Crippen LogP contribution in [0.5, 0.6) is 0 Å². The Kier molecular flexibility index (Phi) is 6.26. The van der Waals surface area contributed by atoms with Gasteiger partial charge in [0.1, 0.15) is 0 Å². The van der Waals surface area contributed by atoms with Crippen LogP contribution in [0.3, 0.4) is 0 Å². The van der Waals surface area contributed by atoms with Crippen molar-refractivity contribution in [2.24, 2.45) is 0 Å². The summed E-state index contributed by atoms with van der Waals surface area (Å²) in [4.78, 5) is 24.5. The summed E-state index contributed by atoms with van der Waals surface area (Å²) < 4.78 is 5.26. The van der Waals surface area contributed by atoms with Gasteiger partial charge in [-0.1, -0.05) is 23.7 Å². The predicted octanol–water partition coefficient (Wildman–Crippen LogP) is 3.26. The molecule has 1 N–H and O–H groups in total. The molecule has 1 fully saturated rings. The second kappa shape index (κ2) is 8.83. The lowest BCUT2D eigenvalue weighted by molar-refractivity contribution is -0.384. The molecule has 0 saturated carbocycles. The number of nitrogens with zero attached hydrogens (tertiary/aromatic N) is 2. The van der Waals surface area contributed by atoms with E-state index in [2.05, 4.69) is 5.32 Å². The fourth-order valence-corrected chi connectivity index (χ4v) is 3.03. The molecule has 0 aromatic heterocycles. The van der Waals surface area contributed by atoms with E-state index in [4.69, 9.17) is 16.3 Å². The number of nitro benzene ring substituents is 1. The third-order valence-corrected chi connectivity index (χ3v) is 4.76. The lowest BCUT2D eigenvalue weighted by Gasteiger charge is -2.26. The Balaban J connectivity index is 1.57. The van der Waals surface area contributed by atoms with Crippen LogP contribution in [-0.2, 0) is 22.5 Å². The van der Waals surface area contributed by atoms with Gasteiger partial charge in [0.15, 0.2) is 0 Å². The summed E-state index contributed by atoms with van der Waals surface area (Å²) in [5, 5.41) is 14.5. The number of ether oxygens (including phenoxy) is 1. The van der Waals surface area contributed by atoms with Crippen LogP contribution in [0.15, 0.2) is 42.5 Å². The van der Waals surface area contributed by atoms with Gasteiger partial charge in [0, 0.05) is 42.5 Å². The maximum absolute atomic E-state index is 12.3. The molecular weight excluding hydrogens is 370 g/mol. The number of carbonyl (C=O) groups excluding carboxylic acids is 1. The van der Waals surface area contributed by atoms with Gasteiger partial charge in [-0.15, -0.1) is 0 Å². The van der Waals surface area contributed by atoms with Crippen LogP contribution in [0.1, 0.15) is 11.1 Å². The van der Waals surface area contributed by atoms with E-state index in [0.29, 0.717) is 49.9 Å². The van der Waals surface area contributed by atoms with E-state index in [1.165, 1.54) is 18.2 Å². The van der Waals surface area contributed by atoms with Crippen LogP contribution in [0.25, 0.3) is 0 Å². The number of morpholine rings is 1. The van der Waals surface area contributed by atoms with E-state index in [0.717, 1.165) is 11.3 Å². The lowest BCUT2D eigenvalue weighted by atomic mass is 10.1. The first-order valence-corrected chi connectivity index (χ1v) is 9.02. The minimum Gasteiger partial charge on any atom is -0.381 e. The number of anilines is 1. The van der Waals surface area contributed by atoms with Crippen molar-refractivity contribution in [1.29, 1.82) is 0 Å². The summed E-state index contributed by atoms with van der Waals surface area (Å²) in [6, 6.07) is 11.9. The number of rotatable bonds is 6. The zero-order chi connectivity index (χ0) is 19.2. The van der Waals surface area contributed by atoms with Gasteiger partial charge in [-0.3, -0.25) is 14.9 Å². The molecule has 0 bridgehead atoms. The minimum atomic E-state index is -0.444. The van der Waals surface area contributed by atoms with Crippen molar-refractivity contribution in [2.75, 3.05) is 31.6 Å². The Bertz CT molecular complexity index is 820. The van der Waals surface area contributed by atoms with Crippen molar-refractivity contribution in [2.45, 2.75) is 13.0 Å². The number of carbonyl (C=O) groups is 1. The lowest BCUT2D eigenvalue weighted by Crippen LogP contribution is -2.41. The molecule has 2 aromatic rings. The third kappa shape index (κ3) is 5.18. The first kappa shape index (κ1) is 19.1. The van der Waals surface area contributed by atoms with Crippen molar-refractivity contribution in [3.8, 4) is 0 Å². The highest BCUT2D eigenvalue weighted by Gasteiger charge is 2.17. The predicted molar refractivity (Wildman–Crippen MR) is 103 cm³/mol.